The van der Waals surface area contributed by atoms with Crippen LogP contribution < -0.4 is 0 Å². The van der Waals surface area contributed by atoms with Gasteiger partial charge >= 0.3 is 0 Å². The molecule has 1 aliphatic heterocycles. The lowest BCUT2D eigenvalue weighted by molar-refractivity contribution is 0.124. The lowest BCUT2D eigenvalue weighted by Gasteiger charge is -2.23. The summed E-state index contributed by atoms with van der Waals surface area (Å²) >= 11 is 0. The van der Waals surface area contributed by atoms with E-state index in [1.54, 1.807) is 0 Å². The van der Waals surface area contributed by atoms with Crippen LogP contribution in [0.1, 0.15) is 51.2 Å². The van der Waals surface area contributed by atoms with Crippen LogP contribution in [0.3, 0.4) is 0 Å². The Hall–Kier alpha value is -0.940. The highest BCUT2D eigenvalue weighted by Gasteiger charge is 2.27. The lowest BCUT2D eigenvalue weighted by atomic mass is 10.1. The number of aliphatic hydroxyl groups excluding tert-OH is 1. The molecule has 0 amide bonds. The third-order valence-electron chi connectivity index (χ3n) is 3.43. The summed E-state index contributed by atoms with van der Waals surface area (Å²) in [5, 5.41) is 13.5. The summed E-state index contributed by atoms with van der Waals surface area (Å²) in [7, 11) is 0. The van der Waals surface area contributed by atoms with Gasteiger partial charge in [0.15, 0.2) is 5.82 Å². The minimum atomic E-state index is -0.242. The molecule has 1 aromatic rings. The van der Waals surface area contributed by atoms with Crippen LogP contribution in [-0.4, -0.2) is 38.8 Å². The molecule has 0 bridgehead atoms. The summed E-state index contributed by atoms with van der Waals surface area (Å²) < 4.78 is 5.27. The van der Waals surface area contributed by atoms with Crippen molar-refractivity contribution in [1.82, 2.24) is 15.0 Å². The molecule has 102 valence electrons. The van der Waals surface area contributed by atoms with E-state index in [1.807, 2.05) is 6.92 Å². The average molecular weight is 253 g/mol. The molecule has 1 fully saturated rings. The predicted octanol–water partition coefficient (Wildman–Crippen LogP) is 1.76. The number of hydrogen-bond acceptors (Lipinski definition) is 5. The van der Waals surface area contributed by atoms with Crippen LogP contribution in [0, 0.1) is 0 Å². The molecule has 2 unspecified atom stereocenters. The van der Waals surface area contributed by atoms with Gasteiger partial charge in [-0.05, 0) is 39.2 Å². The minimum absolute atomic E-state index is 0.242. The van der Waals surface area contributed by atoms with Crippen LogP contribution >= 0.6 is 0 Å². The molecular formula is C13H23N3O2. The van der Waals surface area contributed by atoms with E-state index in [0.717, 1.165) is 38.1 Å². The molecule has 1 aromatic heterocycles. The summed E-state index contributed by atoms with van der Waals surface area (Å²) in [5.41, 5.74) is 0. The zero-order valence-electron chi connectivity index (χ0n) is 11.3. The Morgan fingerprint density at radius 2 is 2.39 bits per heavy atom. The van der Waals surface area contributed by atoms with Crippen molar-refractivity contribution in [3.05, 3.63) is 11.7 Å². The maximum atomic E-state index is 9.49. The van der Waals surface area contributed by atoms with Crippen molar-refractivity contribution in [3.8, 4) is 0 Å². The topological polar surface area (TPSA) is 62.4 Å². The van der Waals surface area contributed by atoms with E-state index in [4.69, 9.17) is 4.52 Å². The van der Waals surface area contributed by atoms with E-state index >= 15 is 0 Å². The van der Waals surface area contributed by atoms with Gasteiger partial charge in [0.05, 0.1) is 12.6 Å². The van der Waals surface area contributed by atoms with Crippen LogP contribution in [0.4, 0.5) is 0 Å². The molecule has 2 rings (SSSR count). The van der Waals surface area contributed by atoms with Crippen molar-refractivity contribution in [2.24, 2.45) is 0 Å². The highest BCUT2D eigenvalue weighted by atomic mass is 16.5. The number of hydrogen-bond donors (Lipinski definition) is 1. The van der Waals surface area contributed by atoms with Crippen molar-refractivity contribution < 1.29 is 9.63 Å². The van der Waals surface area contributed by atoms with Crippen molar-refractivity contribution >= 4 is 0 Å². The maximum Gasteiger partial charge on any atom is 0.240 e. The van der Waals surface area contributed by atoms with E-state index in [9.17, 15) is 5.11 Å². The Kier molecular flexibility index (Phi) is 4.72. The minimum Gasteiger partial charge on any atom is -0.393 e. The fraction of sp³-hybridized carbons (Fsp3) is 0.846. The van der Waals surface area contributed by atoms with Crippen molar-refractivity contribution in [2.75, 3.05) is 6.54 Å². The van der Waals surface area contributed by atoms with Gasteiger partial charge in [0, 0.05) is 12.5 Å². The lowest BCUT2D eigenvalue weighted by Crippen LogP contribution is -2.31. The van der Waals surface area contributed by atoms with Crippen LogP contribution in [0.5, 0.6) is 0 Å². The van der Waals surface area contributed by atoms with Crippen LogP contribution in [0.15, 0.2) is 4.52 Å². The highest BCUT2D eigenvalue weighted by molar-refractivity contribution is 4.89. The van der Waals surface area contributed by atoms with E-state index in [1.165, 1.54) is 6.42 Å². The largest absolute Gasteiger partial charge is 0.393 e. The van der Waals surface area contributed by atoms with Gasteiger partial charge < -0.3 is 9.63 Å². The molecule has 0 saturated carbocycles. The van der Waals surface area contributed by atoms with Gasteiger partial charge in [0.1, 0.15) is 0 Å². The highest BCUT2D eigenvalue weighted by Crippen LogP contribution is 2.23. The first-order valence-electron chi connectivity index (χ1n) is 6.92. The van der Waals surface area contributed by atoms with Gasteiger partial charge in [-0.2, -0.15) is 4.98 Å². The Morgan fingerprint density at radius 3 is 3.11 bits per heavy atom. The van der Waals surface area contributed by atoms with E-state index in [-0.39, 0.29) is 6.10 Å². The number of aromatic nitrogens is 2. The Labute approximate surface area is 108 Å². The quantitative estimate of drug-likeness (QED) is 0.837. The summed E-state index contributed by atoms with van der Waals surface area (Å²) in [6, 6.07) is 0.450. The van der Waals surface area contributed by atoms with Crippen molar-refractivity contribution in [1.29, 1.82) is 0 Å². The molecule has 1 saturated heterocycles. The third kappa shape index (κ3) is 3.53. The van der Waals surface area contributed by atoms with Crippen molar-refractivity contribution in [3.63, 3.8) is 0 Å². The standard InChI is InChI=1S/C13H23N3O2/c1-3-5-12-14-13(18-15-12)9-16-7-4-6-11(16)8-10(2)17/h10-11,17H,3-9H2,1-2H3. The molecule has 5 heteroatoms. The maximum absolute atomic E-state index is 9.49. The van der Waals surface area contributed by atoms with Gasteiger partial charge in [0.25, 0.3) is 0 Å². The van der Waals surface area contributed by atoms with Crippen molar-refractivity contribution in [2.45, 2.75) is 64.6 Å². The molecule has 0 radical (unpaired) electrons. The Bertz CT molecular complexity index is 365. The molecular weight excluding hydrogens is 230 g/mol. The van der Waals surface area contributed by atoms with Gasteiger partial charge in [-0.3, -0.25) is 4.90 Å². The van der Waals surface area contributed by atoms with Gasteiger partial charge in [-0.1, -0.05) is 12.1 Å². The third-order valence-corrected chi connectivity index (χ3v) is 3.43. The van der Waals surface area contributed by atoms with E-state index < -0.39 is 0 Å². The second-order valence-electron chi connectivity index (χ2n) is 5.21. The first-order chi connectivity index (χ1) is 8.69. The molecule has 5 nitrogen and oxygen atoms in total. The summed E-state index contributed by atoms with van der Waals surface area (Å²) in [5.74, 6) is 1.51. The number of likely N-dealkylation sites (tertiary alicyclic amines) is 1. The Morgan fingerprint density at radius 1 is 1.56 bits per heavy atom. The summed E-state index contributed by atoms with van der Waals surface area (Å²) in [6.07, 6.45) is 4.84. The zero-order chi connectivity index (χ0) is 13.0. The molecule has 1 aliphatic rings. The molecule has 18 heavy (non-hydrogen) atoms. The van der Waals surface area contributed by atoms with E-state index in [2.05, 4.69) is 22.0 Å². The smallest absolute Gasteiger partial charge is 0.240 e. The molecule has 0 aromatic carbocycles. The normalized spacial score (nSPS) is 22.5. The summed E-state index contributed by atoms with van der Waals surface area (Å²) in [4.78, 5) is 6.74. The summed E-state index contributed by atoms with van der Waals surface area (Å²) in [6.45, 7) is 5.73. The number of aliphatic hydroxyl groups is 1. The fourth-order valence-corrected chi connectivity index (χ4v) is 2.62. The average Bonchev–Trinajstić information content (AvgIpc) is 2.90. The zero-order valence-corrected chi connectivity index (χ0v) is 11.3. The van der Waals surface area contributed by atoms with Crippen LogP contribution in [-0.2, 0) is 13.0 Å². The second kappa shape index (κ2) is 6.29. The van der Waals surface area contributed by atoms with Gasteiger partial charge in [-0.15, -0.1) is 0 Å². The van der Waals surface area contributed by atoms with Gasteiger partial charge in [-0.25, -0.2) is 0 Å². The first-order valence-corrected chi connectivity index (χ1v) is 6.92. The van der Waals surface area contributed by atoms with Gasteiger partial charge in [0.2, 0.25) is 5.89 Å². The second-order valence-corrected chi connectivity index (χ2v) is 5.21. The van der Waals surface area contributed by atoms with E-state index in [0.29, 0.717) is 18.5 Å². The fourth-order valence-electron chi connectivity index (χ4n) is 2.62. The predicted molar refractivity (Wildman–Crippen MR) is 68.0 cm³/mol. The number of aryl methyl sites for hydroxylation is 1. The number of nitrogens with zero attached hydrogens (tertiary/aromatic N) is 3. The SMILES string of the molecule is CCCc1noc(CN2CCCC2CC(C)O)n1. The number of rotatable bonds is 6. The Balaban J connectivity index is 1.90. The molecule has 2 heterocycles. The first kappa shape index (κ1) is 13.5. The molecule has 2 atom stereocenters. The molecule has 1 N–H and O–H groups in total. The monoisotopic (exact) mass is 253 g/mol. The molecule has 0 spiro atoms. The molecule has 0 aliphatic carbocycles. The van der Waals surface area contributed by atoms with Crippen LogP contribution in [0.25, 0.3) is 0 Å². The van der Waals surface area contributed by atoms with Crippen LogP contribution in [0.2, 0.25) is 0 Å².